The molecular weight excluding hydrogens is 284 g/mol. The minimum atomic E-state index is -0.651. The third-order valence-corrected chi connectivity index (χ3v) is 4.33. The number of alkyl halides is 1. The van der Waals surface area contributed by atoms with Crippen LogP contribution in [0.3, 0.4) is 0 Å². The standard InChI is InChI=1S/C17H17ClN2O/c1-12-7-9-13(10-8-12)20-16(21)14-5-3-4-6-15(14)19-17(20,2)11-18/h3-10,19H,11H2,1-2H3/t17-/m1/s1. The summed E-state index contributed by atoms with van der Waals surface area (Å²) in [7, 11) is 0. The maximum Gasteiger partial charge on any atom is 0.262 e. The van der Waals surface area contributed by atoms with E-state index in [-0.39, 0.29) is 5.91 Å². The molecule has 1 amide bonds. The van der Waals surface area contributed by atoms with Crippen molar-refractivity contribution >= 4 is 28.9 Å². The smallest absolute Gasteiger partial charge is 0.262 e. The molecule has 1 atom stereocenters. The van der Waals surface area contributed by atoms with Gasteiger partial charge in [-0.1, -0.05) is 29.8 Å². The first-order chi connectivity index (χ1) is 10.0. The number of anilines is 2. The summed E-state index contributed by atoms with van der Waals surface area (Å²) in [5.41, 5.74) is 2.84. The van der Waals surface area contributed by atoms with Gasteiger partial charge in [-0.3, -0.25) is 9.69 Å². The predicted molar refractivity (Wildman–Crippen MR) is 87.2 cm³/mol. The van der Waals surface area contributed by atoms with Crippen molar-refractivity contribution in [3.63, 3.8) is 0 Å². The molecule has 0 saturated carbocycles. The molecule has 21 heavy (non-hydrogen) atoms. The Balaban J connectivity index is 2.13. The molecule has 0 saturated heterocycles. The zero-order chi connectivity index (χ0) is 15.0. The lowest BCUT2D eigenvalue weighted by Crippen LogP contribution is -2.60. The summed E-state index contributed by atoms with van der Waals surface area (Å²) in [6, 6.07) is 15.4. The van der Waals surface area contributed by atoms with E-state index >= 15 is 0 Å². The van der Waals surface area contributed by atoms with Crippen LogP contribution >= 0.6 is 11.6 Å². The lowest BCUT2D eigenvalue weighted by molar-refractivity contribution is 0.0962. The predicted octanol–water partition coefficient (Wildman–Crippen LogP) is 4.02. The number of para-hydroxylation sites is 1. The Morgan fingerprint density at radius 1 is 1.14 bits per heavy atom. The number of hydrogen-bond acceptors (Lipinski definition) is 2. The number of carbonyl (C=O) groups excluding carboxylic acids is 1. The van der Waals surface area contributed by atoms with Gasteiger partial charge in [-0.15, -0.1) is 11.6 Å². The Morgan fingerprint density at radius 2 is 1.81 bits per heavy atom. The fourth-order valence-electron chi connectivity index (χ4n) is 2.66. The first kappa shape index (κ1) is 14.0. The maximum atomic E-state index is 12.9. The van der Waals surface area contributed by atoms with E-state index in [9.17, 15) is 4.79 Å². The molecule has 0 radical (unpaired) electrons. The van der Waals surface area contributed by atoms with Crippen molar-refractivity contribution in [1.29, 1.82) is 0 Å². The summed E-state index contributed by atoms with van der Waals surface area (Å²) in [6.45, 7) is 3.96. The van der Waals surface area contributed by atoms with Gasteiger partial charge in [0.2, 0.25) is 0 Å². The highest BCUT2D eigenvalue weighted by Crippen LogP contribution is 2.35. The van der Waals surface area contributed by atoms with Crippen LogP contribution in [-0.4, -0.2) is 17.5 Å². The molecule has 1 aliphatic heterocycles. The zero-order valence-corrected chi connectivity index (χ0v) is 12.8. The number of carbonyl (C=O) groups is 1. The van der Waals surface area contributed by atoms with Gasteiger partial charge >= 0.3 is 0 Å². The van der Waals surface area contributed by atoms with Gasteiger partial charge in [0, 0.05) is 11.4 Å². The molecule has 108 valence electrons. The van der Waals surface area contributed by atoms with Crippen molar-refractivity contribution in [2.75, 3.05) is 16.1 Å². The van der Waals surface area contributed by atoms with E-state index < -0.39 is 5.66 Å². The number of fused-ring (bicyclic) bond motifs is 1. The molecule has 4 heteroatoms. The SMILES string of the molecule is Cc1ccc(N2C(=O)c3ccccc3N[C@@]2(C)CCl)cc1. The van der Waals surface area contributed by atoms with Crippen LogP contribution in [0.15, 0.2) is 48.5 Å². The summed E-state index contributed by atoms with van der Waals surface area (Å²) >= 11 is 6.17. The van der Waals surface area contributed by atoms with Crippen LogP contribution in [0.1, 0.15) is 22.8 Å². The van der Waals surface area contributed by atoms with Crippen molar-refractivity contribution < 1.29 is 4.79 Å². The van der Waals surface area contributed by atoms with E-state index in [1.807, 2.05) is 62.4 Å². The molecule has 0 fully saturated rings. The minimum Gasteiger partial charge on any atom is -0.361 e. The van der Waals surface area contributed by atoms with Gasteiger partial charge in [-0.2, -0.15) is 0 Å². The second-order valence-corrected chi connectivity index (χ2v) is 5.82. The highest BCUT2D eigenvalue weighted by atomic mass is 35.5. The fourth-order valence-corrected chi connectivity index (χ4v) is 2.84. The van der Waals surface area contributed by atoms with Crippen LogP contribution in [0.25, 0.3) is 0 Å². The summed E-state index contributed by atoms with van der Waals surface area (Å²) in [4.78, 5) is 14.6. The van der Waals surface area contributed by atoms with Gasteiger partial charge in [-0.25, -0.2) is 0 Å². The van der Waals surface area contributed by atoms with Crippen LogP contribution in [0.4, 0.5) is 11.4 Å². The Labute approximate surface area is 129 Å². The van der Waals surface area contributed by atoms with E-state index in [4.69, 9.17) is 11.6 Å². The third-order valence-electron chi connectivity index (χ3n) is 3.81. The number of hydrogen-bond donors (Lipinski definition) is 1. The van der Waals surface area contributed by atoms with Gasteiger partial charge in [0.15, 0.2) is 0 Å². The number of rotatable bonds is 2. The van der Waals surface area contributed by atoms with Crippen LogP contribution < -0.4 is 10.2 Å². The highest BCUT2D eigenvalue weighted by molar-refractivity contribution is 6.21. The fraction of sp³-hybridized carbons (Fsp3) is 0.235. The molecule has 0 aromatic heterocycles. The monoisotopic (exact) mass is 300 g/mol. The van der Waals surface area contributed by atoms with Crippen molar-refractivity contribution in [2.45, 2.75) is 19.5 Å². The summed E-state index contributed by atoms with van der Waals surface area (Å²) in [5.74, 6) is 0.261. The normalized spacial score (nSPS) is 20.9. The van der Waals surface area contributed by atoms with Crippen molar-refractivity contribution in [2.24, 2.45) is 0 Å². The van der Waals surface area contributed by atoms with E-state index in [0.29, 0.717) is 11.4 Å². The van der Waals surface area contributed by atoms with Crippen LogP contribution in [0.2, 0.25) is 0 Å². The molecule has 3 nitrogen and oxygen atoms in total. The van der Waals surface area contributed by atoms with Crippen LogP contribution in [0, 0.1) is 6.92 Å². The summed E-state index contributed by atoms with van der Waals surface area (Å²) in [6.07, 6.45) is 0. The third kappa shape index (κ3) is 2.28. The number of aryl methyl sites for hydroxylation is 1. The number of nitrogens with zero attached hydrogens (tertiary/aromatic N) is 1. The average Bonchev–Trinajstić information content (AvgIpc) is 2.49. The Hall–Kier alpha value is -2.00. The van der Waals surface area contributed by atoms with Gasteiger partial charge in [-0.05, 0) is 38.1 Å². The zero-order valence-electron chi connectivity index (χ0n) is 12.1. The summed E-state index contributed by atoms with van der Waals surface area (Å²) in [5, 5.41) is 3.39. The lowest BCUT2D eigenvalue weighted by Gasteiger charge is -2.45. The molecule has 0 spiro atoms. The molecule has 1 heterocycles. The quantitative estimate of drug-likeness (QED) is 0.850. The minimum absolute atomic E-state index is 0.0312. The Kier molecular flexibility index (Phi) is 3.38. The van der Waals surface area contributed by atoms with Crippen molar-refractivity contribution in [1.82, 2.24) is 0 Å². The lowest BCUT2D eigenvalue weighted by atomic mass is 10.0. The largest absolute Gasteiger partial charge is 0.361 e. The molecular formula is C17H17ClN2O. The van der Waals surface area contributed by atoms with Gasteiger partial charge < -0.3 is 5.32 Å². The first-order valence-corrected chi connectivity index (χ1v) is 7.43. The van der Waals surface area contributed by atoms with Crippen molar-refractivity contribution in [3.8, 4) is 0 Å². The first-order valence-electron chi connectivity index (χ1n) is 6.89. The molecule has 2 aromatic carbocycles. The maximum absolute atomic E-state index is 12.9. The molecule has 0 aliphatic carbocycles. The molecule has 1 aliphatic rings. The van der Waals surface area contributed by atoms with Crippen molar-refractivity contribution in [3.05, 3.63) is 59.7 Å². The topological polar surface area (TPSA) is 32.3 Å². The summed E-state index contributed by atoms with van der Waals surface area (Å²) < 4.78 is 0. The van der Waals surface area contributed by atoms with E-state index in [0.717, 1.165) is 16.9 Å². The average molecular weight is 301 g/mol. The van der Waals surface area contributed by atoms with E-state index in [1.165, 1.54) is 0 Å². The van der Waals surface area contributed by atoms with Gasteiger partial charge in [0.05, 0.1) is 11.4 Å². The van der Waals surface area contributed by atoms with E-state index in [1.54, 1.807) is 4.90 Å². The van der Waals surface area contributed by atoms with E-state index in [2.05, 4.69) is 5.32 Å². The highest BCUT2D eigenvalue weighted by Gasteiger charge is 2.41. The number of benzene rings is 2. The Bertz CT molecular complexity index is 683. The number of nitrogens with one attached hydrogen (secondary N) is 1. The van der Waals surface area contributed by atoms with Crippen LogP contribution in [0.5, 0.6) is 0 Å². The molecule has 1 N–H and O–H groups in total. The second-order valence-electron chi connectivity index (χ2n) is 5.55. The van der Waals surface area contributed by atoms with Gasteiger partial charge in [0.1, 0.15) is 5.66 Å². The molecule has 0 unspecified atom stereocenters. The number of amides is 1. The molecule has 0 bridgehead atoms. The number of halogens is 1. The van der Waals surface area contributed by atoms with Gasteiger partial charge in [0.25, 0.3) is 5.91 Å². The Morgan fingerprint density at radius 3 is 2.48 bits per heavy atom. The van der Waals surface area contributed by atoms with Crippen LogP contribution in [-0.2, 0) is 0 Å². The molecule has 3 rings (SSSR count). The second kappa shape index (κ2) is 5.08. The molecule has 2 aromatic rings.